The predicted molar refractivity (Wildman–Crippen MR) is 111 cm³/mol. The molecule has 0 spiro atoms. The standard InChI is InChI=1S/C20H17F2N5O.C2H6/c1-11(2)19(24)27-10-12(3-6-16(27)23)18-17(25-20-26(18)7-8-28-20)14-5-4-13(21)9-15(14)22;1-2/h3-11,23-24H,1-2H3;1-2H3. The largest absolute Gasteiger partial charge is 0.432 e. The van der Waals surface area contributed by atoms with E-state index >= 15 is 0 Å². The van der Waals surface area contributed by atoms with E-state index in [4.69, 9.17) is 15.2 Å². The second kappa shape index (κ2) is 8.44. The Morgan fingerprint density at radius 1 is 1.13 bits per heavy atom. The summed E-state index contributed by atoms with van der Waals surface area (Å²) in [4.78, 5) is 4.37. The molecule has 1 aromatic carbocycles. The lowest BCUT2D eigenvalue weighted by atomic mass is 10.1. The Morgan fingerprint density at radius 2 is 1.87 bits per heavy atom. The van der Waals surface area contributed by atoms with Crippen LogP contribution in [-0.4, -0.2) is 19.8 Å². The molecule has 0 radical (unpaired) electrons. The van der Waals surface area contributed by atoms with Crippen molar-refractivity contribution < 1.29 is 13.2 Å². The van der Waals surface area contributed by atoms with Crippen LogP contribution in [0.4, 0.5) is 8.78 Å². The molecule has 3 aromatic heterocycles. The Bertz CT molecular complexity index is 1270. The third-order valence-electron chi connectivity index (χ3n) is 4.48. The normalized spacial score (nSPS) is 10.9. The molecule has 0 aliphatic carbocycles. The highest BCUT2D eigenvalue weighted by Crippen LogP contribution is 2.34. The second-order valence-corrected chi connectivity index (χ2v) is 6.70. The Labute approximate surface area is 172 Å². The van der Waals surface area contributed by atoms with Gasteiger partial charge in [0.25, 0.3) is 0 Å². The second-order valence-electron chi connectivity index (χ2n) is 6.70. The molecule has 4 aromatic rings. The fourth-order valence-electron chi connectivity index (χ4n) is 3.05. The summed E-state index contributed by atoms with van der Waals surface area (Å²) in [5.41, 5.74) is 1.73. The summed E-state index contributed by atoms with van der Waals surface area (Å²) in [6.07, 6.45) is 4.75. The maximum atomic E-state index is 14.5. The van der Waals surface area contributed by atoms with Crippen LogP contribution in [0.1, 0.15) is 27.7 Å². The van der Waals surface area contributed by atoms with Gasteiger partial charge in [-0.15, -0.1) is 0 Å². The fourth-order valence-corrected chi connectivity index (χ4v) is 3.05. The Balaban J connectivity index is 0.00000124. The van der Waals surface area contributed by atoms with E-state index < -0.39 is 11.6 Å². The highest BCUT2D eigenvalue weighted by Gasteiger charge is 2.21. The van der Waals surface area contributed by atoms with Gasteiger partial charge in [-0.2, -0.15) is 4.98 Å². The Kier molecular flexibility index (Phi) is 5.96. The number of pyridine rings is 1. The Morgan fingerprint density at radius 3 is 2.53 bits per heavy atom. The van der Waals surface area contributed by atoms with E-state index in [9.17, 15) is 8.78 Å². The van der Waals surface area contributed by atoms with Gasteiger partial charge in [0.1, 0.15) is 34.9 Å². The minimum Gasteiger partial charge on any atom is -0.432 e. The molecule has 0 atom stereocenters. The van der Waals surface area contributed by atoms with Crippen molar-refractivity contribution >= 4 is 11.7 Å². The zero-order valence-electron chi connectivity index (χ0n) is 17.2. The summed E-state index contributed by atoms with van der Waals surface area (Å²) in [5, 5.41) is 16.4. The first-order chi connectivity index (χ1) is 14.4. The van der Waals surface area contributed by atoms with Crippen LogP contribution in [0, 0.1) is 28.4 Å². The monoisotopic (exact) mass is 411 g/mol. The van der Waals surface area contributed by atoms with Crippen LogP contribution in [0.3, 0.4) is 0 Å². The van der Waals surface area contributed by atoms with Gasteiger partial charge in [0.2, 0.25) is 0 Å². The van der Waals surface area contributed by atoms with Gasteiger partial charge in [0.05, 0.1) is 5.69 Å². The van der Waals surface area contributed by atoms with Crippen LogP contribution >= 0.6 is 0 Å². The first kappa shape index (κ1) is 21.2. The van der Waals surface area contributed by atoms with Gasteiger partial charge < -0.3 is 4.42 Å². The maximum Gasteiger partial charge on any atom is 0.306 e. The van der Waals surface area contributed by atoms with Gasteiger partial charge >= 0.3 is 5.84 Å². The number of aromatic nitrogens is 3. The number of nitrogens with one attached hydrogen (secondary N) is 2. The fraction of sp³-hybridized carbons (Fsp3) is 0.227. The molecule has 0 amide bonds. The third-order valence-corrected chi connectivity index (χ3v) is 4.48. The number of rotatable bonds is 3. The average Bonchev–Trinajstić information content (AvgIpc) is 3.31. The van der Waals surface area contributed by atoms with Crippen LogP contribution in [-0.2, 0) is 0 Å². The molecular weight excluding hydrogens is 388 g/mol. The van der Waals surface area contributed by atoms with Gasteiger partial charge in [-0.3, -0.25) is 19.8 Å². The van der Waals surface area contributed by atoms with Gasteiger partial charge in [-0.1, -0.05) is 27.7 Å². The van der Waals surface area contributed by atoms with Crippen molar-refractivity contribution in [2.24, 2.45) is 5.92 Å². The van der Waals surface area contributed by atoms with Gasteiger partial charge in [-0.25, -0.2) is 8.78 Å². The summed E-state index contributed by atoms with van der Waals surface area (Å²) in [5.74, 6) is -0.976. The summed E-state index contributed by atoms with van der Waals surface area (Å²) in [7, 11) is 0. The van der Waals surface area contributed by atoms with Crippen molar-refractivity contribution in [2.45, 2.75) is 27.7 Å². The minimum atomic E-state index is -0.734. The van der Waals surface area contributed by atoms with Crippen molar-refractivity contribution in [3.63, 3.8) is 0 Å². The van der Waals surface area contributed by atoms with Crippen LogP contribution in [0.2, 0.25) is 0 Å². The van der Waals surface area contributed by atoms with E-state index in [2.05, 4.69) is 4.98 Å². The van der Waals surface area contributed by atoms with Crippen LogP contribution in [0.25, 0.3) is 28.4 Å². The number of oxazole rings is 1. The lowest BCUT2D eigenvalue weighted by Gasteiger charge is -2.14. The molecule has 0 unspecified atom stereocenters. The molecule has 30 heavy (non-hydrogen) atoms. The van der Waals surface area contributed by atoms with Gasteiger partial charge in [0, 0.05) is 35.5 Å². The highest BCUT2D eigenvalue weighted by molar-refractivity contribution is 5.86. The molecule has 0 aliphatic rings. The first-order valence-electron chi connectivity index (χ1n) is 9.64. The SMILES string of the molecule is CC.CC(C)C(=N)n1cc(-c2c(-c3ccc(F)cc3F)nc3occn23)ccc1=N. The summed E-state index contributed by atoms with van der Waals surface area (Å²) < 4.78 is 36.3. The van der Waals surface area contributed by atoms with E-state index in [1.807, 2.05) is 27.7 Å². The number of fused-ring (bicyclic) bond motifs is 1. The molecule has 156 valence electrons. The molecular formula is C22H23F2N5O. The van der Waals surface area contributed by atoms with Crippen molar-refractivity contribution in [2.75, 3.05) is 0 Å². The highest BCUT2D eigenvalue weighted by atomic mass is 19.1. The zero-order chi connectivity index (χ0) is 22.0. The summed E-state index contributed by atoms with van der Waals surface area (Å²) in [6.45, 7) is 7.74. The smallest absolute Gasteiger partial charge is 0.306 e. The van der Waals surface area contributed by atoms with E-state index in [1.54, 1.807) is 28.9 Å². The maximum absolute atomic E-state index is 14.5. The van der Waals surface area contributed by atoms with Crippen LogP contribution in [0.5, 0.6) is 0 Å². The molecule has 6 nitrogen and oxygen atoms in total. The lowest BCUT2D eigenvalue weighted by molar-refractivity contribution is 0.585. The Hall–Kier alpha value is -3.55. The van der Waals surface area contributed by atoms with Gasteiger partial charge in [0.15, 0.2) is 0 Å². The molecule has 0 saturated heterocycles. The topological polar surface area (TPSA) is 83.1 Å². The number of benzene rings is 1. The van der Waals surface area contributed by atoms with Gasteiger partial charge in [-0.05, 0) is 24.3 Å². The molecule has 8 heteroatoms. The summed E-state index contributed by atoms with van der Waals surface area (Å²) in [6, 6.07) is 6.58. The molecule has 0 saturated carbocycles. The summed E-state index contributed by atoms with van der Waals surface area (Å²) >= 11 is 0. The van der Waals surface area contributed by atoms with E-state index in [1.165, 1.54) is 23.0 Å². The molecule has 3 heterocycles. The third kappa shape index (κ3) is 3.68. The van der Waals surface area contributed by atoms with Crippen molar-refractivity contribution in [1.82, 2.24) is 14.0 Å². The first-order valence-corrected chi connectivity index (χ1v) is 9.64. The van der Waals surface area contributed by atoms with Crippen molar-refractivity contribution in [3.05, 3.63) is 66.1 Å². The predicted octanol–water partition coefficient (Wildman–Crippen LogP) is 5.33. The van der Waals surface area contributed by atoms with E-state index in [0.717, 1.165) is 6.07 Å². The van der Waals surface area contributed by atoms with Crippen molar-refractivity contribution in [3.8, 4) is 22.5 Å². The number of hydrogen-bond donors (Lipinski definition) is 2. The molecule has 0 bridgehead atoms. The quantitative estimate of drug-likeness (QED) is 0.353. The number of imidazole rings is 1. The van der Waals surface area contributed by atoms with E-state index in [-0.39, 0.29) is 34.3 Å². The average molecular weight is 411 g/mol. The number of halogens is 2. The van der Waals surface area contributed by atoms with E-state index in [0.29, 0.717) is 11.3 Å². The minimum absolute atomic E-state index is 0.0854. The molecule has 0 fully saturated rings. The molecule has 0 aliphatic heterocycles. The number of hydrogen-bond acceptors (Lipinski definition) is 4. The van der Waals surface area contributed by atoms with Crippen molar-refractivity contribution in [1.29, 1.82) is 10.8 Å². The molecule has 2 N–H and O–H groups in total. The lowest BCUT2D eigenvalue weighted by Crippen LogP contribution is -2.29. The van der Waals surface area contributed by atoms with Crippen LogP contribution < -0.4 is 5.49 Å². The zero-order valence-corrected chi connectivity index (χ0v) is 17.2. The number of nitrogens with zero attached hydrogens (tertiary/aromatic N) is 3. The molecule has 4 rings (SSSR count). The van der Waals surface area contributed by atoms with Crippen LogP contribution in [0.15, 0.2) is 53.4 Å².